The summed E-state index contributed by atoms with van der Waals surface area (Å²) in [6.07, 6.45) is 3.70. The third-order valence-electron chi connectivity index (χ3n) is 3.93. The first-order valence-corrected chi connectivity index (χ1v) is 6.79. The second kappa shape index (κ2) is 5.39. The van der Waals surface area contributed by atoms with Gasteiger partial charge in [0.2, 0.25) is 0 Å². The molecule has 0 unspecified atom stereocenters. The molecule has 18 heavy (non-hydrogen) atoms. The summed E-state index contributed by atoms with van der Waals surface area (Å²) in [5.41, 5.74) is 2.78. The minimum absolute atomic E-state index is 0.746. The van der Waals surface area contributed by atoms with E-state index < -0.39 is 0 Å². The van der Waals surface area contributed by atoms with Gasteiger partial charge in [0.15, 0.2) is 0 Å². The van der Waals surface area contributed by atoms with Crippen LogP contribution in [-0.4, -0.2) is 18.1 Å². The molecule has 0 atom stereocenters. The minimum Gasteiger partial charge on any atom is -0.355 e. The molecule has 0 spiro atoms. The van der Waals surface area contributed by atoms with Crippen LogP contribution in [0.5, 0.6) is 0 Å². The topological polar surface area (TPSA) is 39.9 Å². The summed E-state index contributed by atoms with van der Waals surface area (Å²) in [6, 6.07) is 4.30. The summed E-state index contributed by atoms with van der Waals surface area (Å²) >= 11 is 0. The van der Waals surface area contributed by atoms with E-state index in [1.807, 2.05) is 19.9 Å². The first-order chi connectivity index (χ1) is 8.65. The lowest BCUT2D eigenvalue weighted by Crippen LogP contribution is -2.34. The van der Waals surface area contributed by atoms with Crippen molar-refractivity contribution in [2.24, 2.45) is 5.92 Å². The molecule has 0 aromatic carbocycles. The maximum Gasteiger partial charge on any atom is 0.147 e. The molecule has 1 fully saturated rings. The standard InChI is InChI=1S/C15H21N3/c1-4-13-5-7-18(8-6-13)15-14(10-16)11(2)9-12(3)17-15/h9,13H,4-8H2,1-3H3. The first kappa shape index (κ1) is 12.9. The second-order valence-corrected chi connectivity index (χ2v) is 5.23. The number of aromatic nitrogens is 1. The van der Waals surface area contributed by atoms with Gasteiger partial charge in [0.25, 0.3) is 0 Å². The maximum absolute atomic E-state index is 9.30. The summed E-state index contributed by atoms with van der Waals surface area (Å²) < 4.78 is 0. The van der Waals surface area contributed by atoms with Gasteiger partial charge in [0.05, 0.1) is 5.56 Å². The van der Waals surface area contributed by atoms with E-state index in [0.29, 0.717) is 0 Å². The lowest BCUT2D eigenvalue weighted by Gasteiger charge is -2.33. The molecule has 0 radical (unpaired) electrons. The van der Waals surface area contributed by atoms with Crippen molar-refractivity contribution in [2.75, 3.05) is 18.0 Å². The molecule has 0 amide bonds. The Kier molecular flexibility index (Phi) is 3.86. The van der Waals surface area contributed by atoms with Crippen LogP contribution in [0.1, 0.15) is 43.0 Å². The Labute approximate surface area is 109 Å². The Morgan fingerprint density at radius 2 is 2.06 bits per heavy atom. The van der Waals surface area contributed by atoms with Crippen molar-refractivity contribution < 1.29 is 0 Å². The van der Waals surface area contributed by atoms with Gasteiger partial charge in [0.1, 0.15) is 11.9 Å². The zero-order valence-electron chi connectivity index (χ0n) is 11.5. The molecule has 1 saturated heterocycles. The minimum atomic E-state index is 0.746. The van der Waals surface area contributed by atoms with Crippen LogP contribution in [0.2, 0.25) is 0 Å². The van der Waals surface area contributed by atoms with E-state index in [1.165, 1.54) is 19.3 Å². The van der Waals surface area contributed by atoms with Crippen LogP contribution >= 0.6 is 0 Å². The zero-order chi connectivity index (χ0) is 13.1. The molecule has 1 aliphatic rings. The van der Waals surface area contributed by atoms with Crippen LogP contribution < -0.4 is 4.90 Å². The third-order valence-corrected chi connectivity index (χ3v) is 3.93. The van der Waals surface area contributed by atoms with E-state index in [9.17, 15) is 5.26 Å². The largest absolute Gasteiger partial charge is 0.355 e. The Morgan fingerprint density at radius 3 is 2.61 bits per heavy atom. The van der Waals surface area contributed by atoms with Gasteiger partial charge in [-0.3, -0.25) is 0 Å². The highest BCUT2D eigenvalue weighted by molar-refractivity contribution is 5.58. The smallest absolute Gasteiger partial charge is 0.147 e. The predicted octanol–water partition coefficient (Wildman–Crippen LogP) is 3.20. The summed E-state index contributed by atoms with van der Waals surface area (Å²) in [5, 5.41) is 9.30. The van der Waals surface area contributed by atoms with Crippen molar-refractivity contribution >= 4 is 5.82 Å². The van der Waals surface area contributed by atoms with Crippen molar-refractivity contribution in [1.29, 1.82) is 5.26 Å². The van der Waals surface area contributed by atoms with Gasteiger partial charge in [-0.25, -0.2) is 4.98 Å². The first-order valence-electron chi connectivity index (χ1n) is 6.79. The quantitative estimate of drug-likeness (QED) is 0.800. The van der Waals surface area contributed by atoms with Crippen LogP contribution in [0, 0.1) is 31.1 Å². The molecule has 0 bridgehead atoms. The lowest BCUT2D eigenvalue weighted by molar-refractivity contribution is 0.393. The Hall–Kier alpha value is -1.56. The highest BCUT2D eigenvalue weighted by Gasteiger charge is 2.21. The number of nitrogens with zero attached hydrogens (tertiary/aromatic N) is 3. The number of pyridine rings is 1. The summed E-state index contributed by atoms with van der Waals surface area (Å²) in [6.45, 7) is 8.31. The van der Waals surface area contributed by atoms with Gasteiger partial charge in [-0.2, -0.15) is 5.26 Å². The van der Waals surface area contributed by atoms with E-state index >= 15 is 0 Å². The monoisotopic (exact) mass is 243 g/mol. The summed E-state index contributed by atoms with van der Waals surface area (Å²) in [7, 11) is 0. The molecule has 2 rings (SSSR count). The number of nitriles is 1. The summed E-state index contributed by atoms with van der Waals surface area (Å²) in [5.74, 6) is 1.74. The van der Waals surface area contributed by atoms with Crippen LogP contribution in [0.4, 0.5) is 5.82 Å². The molecular formula is C15H21N3. The number of hydrogen-bond donors (Lipinski definition) is 0. The molecule has 3 nitrogen and oxygen atoms in total. The molecule has 96 valence electrons. The zero-order valence-corrected chi connectivity index (χ0v) is 11.5. The van der Waals surface area contributed by atoms with Gasteiger partial charge >= 0.3 is 0 Å². The van der Waals surface area contributed by atoms with Gasteiger partial charge in [-0.15, -0.1) is 0 Å². The fourth-order valence-corrected chi connectivity index (χ4v) is 2.74. The van der Waals surface area contributed by atoms with Gasteiger partial charge in [-0.05, 0) is 44.2 Å². The van der Waals surface area contributed by atoms with Crippen molar-refractivity contribution in [3.8, 4) is 6.07 Å². The molecule has 0 saturated carbocycles. The molecule has 3 heteroatoms. The van der Waals surface area contributed by atoms with Crippen molar-refractivity contribution in [2.45, 2.75) is 40.0 Å². The van der Waals surface area contributed by atoms with Gasteiger partial charge in [0, 0.05) is 18.8 Å². The number of anilines is 1. The number of rotatable bonds is 2. The molecule has 2 heterocycles. The van der Waals surface area contributed by atoms with Gasteiger partial charge < -0.3 is 4.90 Å². The number of piperidine rings is 1. The molecule has 1 aliphatic heterocycles. The average Bonchev–Trinajstić information content (AvgIpc) is 2.38. The normalized spacial score (nSPS) is 16.7. The highest BCUT2D eigenvalue weighted by atomic mass is 15.2. The second-order valence-electron chi connectivity index (χ2n) is 5.23. The van der Waals surface area contributed by atoms with Crippen LogP contribution in [0.3, 0.4) is 0 Å². The van der Waals surface area contributed by atoms with Crippen LogP contribution in [0.25, 0.3) is 0 Å². The molecule has 0 N–H and O–H groups in total. The fourth-order valence-electron chi connectivity index (χ4n) is 2.74. The maximum atomic E-state index is 9.30. The van der Waals surface area contributed by atoms with Crippen LogP contribution in [0.15, 0.2) is 6.07 Å². The molecule has 0 aliphatic carbocycles. The molecule has 1 aromatic rings. The van der Waals surface area contributed by atoms with E-state index in [4.69, 9.17) is 0 Å². The third kappa shape index (κ3) is 2.48. The van der Waals surface area contributed by atoms with Crippen molar-refractivity contribution in [1.82, 2.24) is 4.98 Å². The number of aryl methyl sites for hydroxylation is 2. The van der Waals surface area contributed by atoms with Gasteiger partial charge in [-0.1, -0.05) is 13.3 Å². The van der Waals surface area contributed by atoms with E-state index in [2.05, 4.69) is 22.9 Å². The molecule has 1 aromatic heterocycles. The Morgan fingerprint density at radius 1 is 1.39 bits per heavy atom. The van der Waals surface area contributed by atoms with E-state index in [1.54, 1.807) is 0 Å². The highest BCUT2D eigenvalue weighted by Crippen LogP contribution is 2.27. The molecular weight excluding hydrogens is 222 g/mol. The van der Waals surface area contributed by atoms with Crippen molar-refractivity contribution in [3.05, 3.63) is 22.9 Å². The van der Waals surface area contributed by atoms with E-state index in [0.717, 1.165) is 41.6 Å². The van der Waals surface area contributed by atoms with E-state index in [-0.39, 0.29) is 0 Å². The average molecular weight is 243 g/mol. The van der Waals surface area contributed by atoms with Crippen LogP contribution in [-0.2, 0) is 0 Å². The number of hydrogen-bond acceptors (Lipinski definition) is 3. The predicted molar refractivity (Wildman–Crippen MR) is 73.7 cm³/mol. The SMILES string of the molecule is CCC1CCN(c2nc(C)cc(C)c2C#N)CC1. The Bertz CT molecular complexity index is 465. The lowest BCUT2D eigenvalue weighted by atomic mass is 9.94. The fraction of sp³-hybridized carbons (Fsp3) is 0.600. The van der Waals surface area contributed by atoms with Crippen molar-refractivity contribution in [3.63, 3.8) is 0 Å². The Balaban J connectivity index is 2.26. The summed E-state index contributed by atoms with van der Waals surface area (Å²) in [4.78, 5) is 6.87.